The molecule has 7 nitrogen and oxygen atoms in total. The van der Waals surface area contributed by atoms with Gasteiger partial charge < -0.3 is 9.84 Å². The lowest BCUT2D eigenvalue weighted by Crippen LogP contribution is -2.42. The van der Waals surface area contributed by atoms with Crippen LogP contribution >= 0.6 is 11.6 Å². The number of carbonyl (C=O) groups is 1. The van der Waals surface area contributed by atoms with Gasteiger partial charge in [0, 0.05) is 30.6 Å². The molecule has 0 unspecified atom stereocenters. The van der Waals surface area contributed by atoms with E-state index in [1.165, 1.54) is 16.4 Å². The van der Waals surface area contributed by atoms with Gasteiger partial charge in [-0.2, -0.15) is 4.31 Å². The standard InChI is InChI=1S/C20H25ClFN3O4S/c1-12(20(26)23-11-16-4-5-17(22)10-18(16)21)15-6-8-25(9-7-15)30(27,28)19-13(2)24-29-14(19)3/h4-5,10,12,15H,6-9,11H2,1-3H3,(H,23,26)/t12-/m0/s1. The highest BCUT2D eigenvalue weighted by Gasteiger charge is 2.36. The molecule has 1 N–H and O–H groups in total. The van der Waals surface area contributed by atoms with Crippen molar-refractivity contribution in [3.05, 3.63) is 46.1 Å². The summed E-state index contributed by atoms with van der Waals surface area (Å²) in [6.07, 6.45) is 1.16. The number of halogens is 2. The van der Waals surface area contributed by atoms with Crippen molar-refractivity contribution < 1.29 is 22.1 Å². The van der Waals surface area contributed by atoms with Gasteiger partial charge in [-0.3, -0.25) is 4.79 Å². The summed E-state index contributed by atoms with van der Waals surface area (Å²) in [5.41, 5.74) is 0.987. The maximum Gasteiger partial charge on any atom is 0.248 e. The number of rotatable bonds is 6. The number of hydrogen-bond donors (Lipinski definition) is 1. The van der Waals surface area contributed by atoms with Gasteiger partial charge in [0.2, 0.25) is 15.9 Å². The lowest BCUT2D eigenvalue weighted by Gasteiger charge is -2.33. The van der Waals surface area contributed by atoms with Gasteiger partial charge in [-0.05, 0) is 50.3 Å². The molecule has 1 saturated heterocycles. The van der Waals surface area contributed by atoms with E-state index < -0.39 is 15.8 Å². The normalized spacial score (nSPS) is 17.1. The molecule has 1 aliphatic heterocycles. The third-order valence-corrected chi connectivity index (χ3v) is 8.15. The van der Waals surface area contributed by atoms with Crippen molar-refractivity contribution in [2.24, 2.45) is 11.8 Å². The zero-order valence-electron chi connectivity index (χ0n) is 17.1. The largest absolute Gasteiger partial charge is 0.360 e. The predicted molar refractivity (Wildman–Crippen MR) is 110 cm³/mol. The maximum absolute atomic E-state index is 13.1. The average molecular weight is 458 g/mol. The van der Waals surface area contributed by atoms with Gasteiger partial charge in [0.15, 0.2) is 5.76 Å². The molecule has 2 heterocycles. The number of carbonyl (C=O) groups excluding carboxylic acids is 1. The highest BCUT2D eigenvalue weighted by Crippen LogP contribution is 2.30. The van der Waals surface area contributed by atoms with E-state index in [0.29, 0.717) is 37.2 Å². The van der Waals surface area contributed by atoms with Crippen molar-refractivity contribution in [2.45, 2.75) is 45.1 Å². The van der Waals surface area contributed by atoms with Crippen molar-refractivity contribution in [1.29, 1.82) is 0 Å². The van der Waals surface area contributed by atoms with E-state index in [2.05, 4.69) is 10.5 Å². The average Bonchev–Trinajstić information content (AvgIpc) is 3.05. The maximum atomic E-state index is 13.1. The second-order valence-electron chi connectivity index (χ2n) is 7.64. The second-order valence-corrected chi connectivity index (χ2v) is 9.92. The number of aromatic nitrogens is 1. The Labute approximate surface area is 180 Å². The predicted octanol–water partition coefficient (Wildman–Crippen LogP) is 3.44. The first-order chi connectivity index (χ1) is 14.1. The first kappa shape index (κ1) is 22.7. The fraction of sp³-hybridized carbons (Fsp3) is 0.500. The van der Waals surface area contributed by atoms with E-state index in [4.69, 9.17) is 16.1 Å². The molecule has 0 spiro atoms. The van der Waals surface area contributed by atoms with Crippen LogP contribution in [0.3, 0.4) is 0 Å². The number of nitrogens with one attached hydrogen (secondary N) is 1. The van der Waals surface area contributed by atoms with Crippen LogP contribution in [0.4, 0.5) is 4.39 Å². The van der Waals surface area contributed by atoms with Crippen LogP contribution < -0.4 is 5.32 Å². The SMILES string of the molecule is Cc1noc(C)c1S(=O)(=O)N1CCC([C@H](C)C(=O)NCc2ccc(F)cc2Cl)CC1. The van der Waals surface area contributed by atoms with E-state index >= 15 is 0 Å². The number of aryl methyl sites for hydroxylation is 2. The number of hydrogen-bond acceptors (Lipinski definition) is 5. The van der Waals surface area contributed by atoms with Gasteiger partial charge in [0.25, 0.3) is 0 Å². The van der Waals surface area contributed by atoms with Crippen LogP contribution in [0.25, 0.3) is 0 Å². The molecular formula is C20H25ClFN3O4S. The Morgan fingerprint density at radius 1 is 1.37 bits per heavy atom. The van der Waals surface area contributed by atoms with Gasteiger partial charge in [0.1, 0.15) is 16.4 Å². The van der Waals surface area contributed by atoms with Crippen LogP contribution in [0.5, 0.6) is 0 Å². The van der Waals surface area contributed by atoms with Crippen LogP contribution in [0.1, 0.15) is 36.8 Å². The Morgan fingerprint density at radius 2 is 2.03 bits per heavy atom. The first-order valence-electron chi connectivity index (χ1n) is 9.76. The number of amides is 1. The molecule has 2 aromatic rings. The lowest BCUT2D eigenvalue weighted by molar-refractivity contribution is -0.126. The minimum Gasteiger partial charge on any atom is -0.360 e. The number of nitrogens with zero attached hydrogens (tertiary/aromatic N) is 2. The zero-order valence-corrected chi connectivity index (χ0v) is 18.7. The molecule has 1 amide bonds. The summed E-state index contributed by atoms with van der Waals surface area (Å²) in [6, 6.07) is 4.05. The van der Waals surface area contributed by atoms with Gasteiger partial charge in [0.05, 0.1) is 0 Å². The van der Waals surface area contributed by atoms with Crippen molar-refractivity contribution in [3.8, 4) is 0 Å². The monoisotopic (exact) mass is 457 g/mol. The van der Waals surface area contributed by atoms with Gasteiger partial charge >= 0.3 is 0 Å². The molecule has 3 rings (SSSR count). The van der Waals surface area contributed by atoms with Crippen molar-refractivity contribution >= 4 is 27.5 Å². The lowest BCUT2D eigenvalue weighted by atomic mass is 9.85. The van der Waals surface area contributed by atoms with Crippen LogP contribution in [0.2, 0.25) is 5.02 Å². The smallest absolute Gasteiger partial charge is 0.248 e. The minimum atomic E-state index is -3.67. The van der Waals surface area contributed by atoms with Crippen molar-refractivity contribution in [2.75, 3.05) is 13.1 Å². The summed E-state index contributed by atoms with van der Waals surface area (Å²) < 4.78 is 45.4. The summed E-state index contributed by atoms with van der Waals surface area (Å²) in [5, 5.41) is 6.84. The summed E-state index contributed by atoms with van der Waals surface area (Å²) in [6.45, 7) is 5.90. The fourth-order valence-corrected chi connectivity index (χ4v) is 5.81. The molecule has 1 aliphatic rings. The molecule has 1 aromatic carbocycles. The van der Waals surface area contributed by atoms with Crippen LogP contribution in [-0.4, -0.2) is 36.9 Å². The minimum absolute atomic E-state index is 0.0600. The Bertz CT molecular complexity index is 1010. The summed E-state index contributed by atoms with van der Waals surface area (Å²) in [4.78, 5) is 12.7. The highest BCUT2D eigenvalue weighted by atomic mass is 35.5. The molecule has 164 valence electrons. The Hall–Kier alpha value is -1.97. The van der Waals surface area contributed by atoms with E-state index in [1.807, 2.05) is 6.92 Å². The third-order valence-electron chi connectivity index (χ3n) is 5.65. The summed E-state index contributed by atoms with van der Waals surface area (Å²) in [7, 11) is -3.67. The molecule has 1 fully saturated rings. The van der Waals surface area contributed by atoms with Crippen LogP contribution in [0, 0.1) is 31.5 Å². The zero-order chi connectivity index (χ0) is 22.1. The topological polar surface area (TPSA) is 92.5 Å². The van der Waals surface area contributed by atoms with Crippen molar-refractivity contribution in [1.82, 2.24) is 14.8 Å². The van der Waals surface area contributed by atoms with Gasteiger partial charge in [-0.15, -0.1) is 0 Å². The van der Waals surface area contributed by atoms with Gasteiger partial charge in [-0.1, -0.05) is 29.7 Å². The first-order valence-corrected chi connectivity index (χ1v) is 11.6. The summed E-state index contributed by atoms with van der Waals surface area (Å²) in [5.74, 6) is -0.510. The number of sulfonamides is 1. The summed E-state index contributed by atoms with van der Waals surface area (Å²) >= 11 is 6.00. The molecule has 0 saturated carbocycles. The molecule has 0 bridgehead atoms. The Balaban J connectivity index is 1.57. The van der Waals surface area contributed by atoms with Gasteiger partial charge in [-0.25, -0.2) is 12.8 Å². The van der Waals surface area contributed by atoms with E-state index in [-0.39, 0.29) is 40.0 Å². The Kier molecular flexibility index (Phi) is 6.84. The second kappa shape index (κ2) is 9.03. The molecular weight excluding hydrogens is 433 g/mol. The molecule has 0 radical (unpaired) electrons. The molecule has 10 heteroatoms. The van der Waals surface area contributed by atoms with Crippen LogP contribution in [-0.2, 0) is 21.4 Å². The van der Waals surface area contributed by atoms with Crippen molar-refractivity contribution in [3.63, 3.8) is 0 Å². The molecule has 1 aromatic heterocycles. The van der Waals surface area contributed by atoms with E-state index in [9.17, 15) is 17.6 Å². The third kappa shape index (κ3) is 4.68. The highest BCUT2D eigenvalue weighted by molar-refractivity contribution is 7.89. The quantitative estimate of drug-likeness (QED) is 0.717. The van der Waals surface area contributed by atoms with Crippen LogP contribution in [0.15, 0.2) is 27.6 Å². The fourth-order valence-electron chi connectivity index (χ4n) is 3.81. The van der Waals surface area contributed by atoms with E-state index in [0.717, 1.165) is 0 Å². The molecule has 30 heavy (non-hydrogen) atoms. The Morgan fingerprint density at radius 3 is 2.60 bits per heavy atom. The number of benzene rings is 1. The molecule has 0 aliphatic carbocycles. The van der Waals surface area contributed by atoms with E-state index in [1.54, 1.807) is 19.9 Å². The number of piperidine rings is 1. The molecule has 1 atom stereocenters.